The van der Waals surface area contributed by atoms with Crippen molar-refractivity contribution < 1.29 is 28.9 Å². The second kappa shape index (κ2) is 7.15. The Labute approximate surface area is 154 Å². The summed E-state index contributed by atoms with van der Waals surface area (Å²) in [5.41, 5.74) is 0.353. The highest BCUT2D eigenvalue weighted by atomic mass is 79.9. The van der Waals surface area contributed by atoms with Crippen LogP contribution >= 0.6 is 15.9 Å². The smallest absolute Gasteiger partial charge is 0.338 e. The largest absolute Gasteiger partial charge is 0.448 e. The number of aliphatic hydroxyl groups excluding tert-OH is 1. The van der Waals surface area contributed by atoms with Gasteiger partial charge in [0.05, 0.1) is 18.1 Å². The molecule has 25 heavy (non-hydrogen) atoms. The summed E-state index contributed by atoms with van der Waals surface area (Å²) in [6, 6.07) is 6.68. The Morgan fingerprint density at radius 1 is 1.24 bits per heavy atom. The average Bonchev–Trinajstić information content (AvgIpc) is 2.55. The maximum absolute atomic E-state index is 12.6. The minimum Gasteiger partial charge on any atom is -0.448 e. The zero-order valence-electron chi connectivity index (χ0n) is 14.1. The molecule has 0 amide bonds. The van der Waals surface area contributed by atoms with Crippen molar-refractivity contribution in [3.05, 3.63) is 34.3 Å². The van der Waals surface area contributed by atoms with Gasteiger partial charge in [-0.1, -0.05) is 15.9 Å². The molecule has 0 aromatic heterocycles. The third-order valence-corrected chi connectivity index (χ3v) is 5.15. The van der Waals surface area contributed by atoms with E-state index in [-0.39, 0.29) is 18.3 Å². The zero-order chi connectivity index (χ0) is 18.2. The number of carbonyl (C=O) groups excluding carboxylic acids is 2. The highest BCUT2D eigenvalue weighted by Crippen LogP contribution is 2.39. The molecule has 0 radical (unpaired) electrons. The van der Waals surface area contributed by atoms with E-state index < -0.39 is 30.1 Å². The van der Waals surface area contributed by atoms with Gasteiger partial charge in [0.25, 0.3) is 0 Å². The van der Waals surface area contributed by atoms with Crippen LogP contribution in [0, 0.1) is 0 Å². The maximum atomic E-state index is 12.6. The average molecular weight is 413 g/mol. The number of rotatable bonds is 2. The van der Waals surface area contributed by atoms with E-state index in [9.17, 15) is 14.7 Å². The van der Waals surface area contributed by atoms with Gasteiger partial charge in [0.1, 0.15) is 12.2 Å². The van der Waals surface area contributed by atoms with Gasteiger partial charge in [0.2, 0.25) is 5.79 Å². The third-order valence-electron chi connectivity index (χ3n) is 4.62. The quantitative estimate of drug-likeness (QED) is 0.751. The second-order valence-electron chi connectivity index (χ2n) is 6.63. The molecule has 2 aliphatic rings. The van der Waals surface area contributed by atoms with Crippen LogP contribution in [-0.2, 0) is 19.0 Å². The Kier molecular flexibility index (Phi) is 5.29. The number of ether oxygens (including phenoxy) is 3. The molecule has 2 saturated heterocycles. The third kappa shape index (κ3) is 3.79. The molecule has 5 atom stereocenters. The summed E-state index contributed by atoms with van der Waals surface area (Å²) >= 11 is 3.30. The first-order chi connectivity index (χ1) is 11.8. The van der Waals surface area contributed by atoms with Crippen molar-refractivity contribution in [3.8, 4) is 0 Å². The van der Waals surface area contributed by atoms with Crippen molar-refractivity contribution in [1.82, 2.24) is 0 Å². The second-order valence-corrected chi connectivity index (χ2v) is 7.55. The van der Waals surface area contributed by atoms with Gasteiger partial charge in [-0.3, -0.25) is 4.79 Å². The van der Waals surface area contributed by atoms with Gasteiger partial charge >= 0.3 is 5.97 Å². The standard InChI is InChI=1S/C18H21BrO6/c1-10-3-8-15(21)18(24-10)9-14(20)16(11(2)25-18)23-17(22)12-4-6-13(19)7-5-12/h4-7,10-11,15-16,21H,3,8-9H2,1-2H3/t10-,11+,15+,16+,18+/m1/s1. The van der Waals surface area contributed by atoms with Crippen LogP contribution in [0.15, 0.2) is 28.7 Å². The number of carbonyl (C=O) groups is 2. The van der Waals surface area contributed by atoms with Crippen LogP contribution in [0.2, 0.25) is 0 Å². The molecule has 1 aromatic rings. The fourth-order valence-electron chi connectivity index (χ4n) is 3.31. The Balaban J connectivity index is 1.71. The predicted octanol–water partition coefficient (Wildman–Crippen LogP) is 2.61. The summed E-state index contributed by atoms with van der Waals surface area (Å²) in [6.45, 7) is 3.53. The van der Waals surface area contributed by atoms with E-state index in [1.165, 1.54) is 0 Å². The molecule has 0 bridgehead atoms. The van der Waals surface area contributed by atoms with Crippen LogP contribution in [0.5, 0.6) is 0 Å². The van der Waals surface area contributed by atoms with Crippen molar-refractivity contribution in [2.45, 2.75) is 63.3 Å². The number of ketones is 1. The van der Waals surface area contributed by atoms with E-state index in [1.807, 2.05) is 6.92 Å². The normalized spacial score (nSPS) is 35.6. The first-order valence-corrected chi connectivity index (χ1v) is 9.13. The van der Waals surface area contributed by atoms with Crippen LogP contribution in [0.3, 0.4) is 0 Å². The van der Waals surface area contributed by atoms with Gasteiger partial charge in [0, 0.05) is 4.47 Å². The zero-order valence-corrected chi connectivity index (χ0v) is 15.7. The number of benzene rings is 1. The lowest BCUT2D eigenvalue weighted by molar-refractivity contribution is -0.345. The van der Waals surface area contributed by atoms with E-state index in [4.69, 9.17) is 14.2 Å². The van der Waals surface area contributed by atoms with Crippen LogP contribution in [-0.4, -0.2) is 47.1 Å². The molecule has 1 N–H and O–H groups in total. The number of hydrogen-bond acceptors (Lipinski definition) is 6. The molecular weight excluding hydrogens is 392 g/mol. The number of halogens is 1. The lowest BCUT2D eigenvalue weighted by Gasteiger charge is -2.48. The van der Waals surface area contributed by atoms with Crippen LogP contribution < -0.4 is 0 Å². The van der Waals surface area contributed by atoms with Crippen LogP contribution in [0.4, 0.5) is 0 Å². The van der Waals surface area contributed by atoms with Crippen molar-refractivity contribution in [3.63, 3.8) is 0 Å². The SMILES string of the molecule is C[C@@H]1CC[C@H](O)[C@@]2(CC(=O)[C@@H](OC(=O)c3ccc(Br)cc3)[C@H](C)O2)O1. The summed E-state index contributed by atoms with van der Waals surface area (Å²) < 4.78 is 17.9. The van der Waals surface area contributed by atoms with Gasteiger partial charge in [-0.05, 0) is 51.0 Å². The predicted molar refractivity (Wildman–Crippen MR) is 92.0 cm³/mol. The summed E-state index contributed by atoms with van der Waals surface area (Å²) in [7, 11) is 0. The first-order valence-electron chi connectivity index (χ1n) is 8.34. The molecule has 2 aliphatic heterocycles. The lowest BCUT2D eigenvalue weighted by atomic mass is 9.89. The topological polar surface area (TPSA) is 82.1 Å². The molecule has 3 rings (SSSR count). The Hall–Kier alpha value is -1.28. The fourth-order valence-corrected chi connectivity index (χ4v) is 3.57. The highest BCUT2D eigenvalue weighted by molar-refractivity contribution is 9.10. The molecule has 2 fully saturated rings. The number of aliphatic hydroxyl groups is 1. The molecule has 0 aliphatic carbocycles. The molecule has 0 saturated carbocycles. The number of hydrogen-bond donors (Lipinski definition) is 1. The summed E-state index contributed by atoms with van der Waals surface area (Å²) in [4.78, 5) is 24.9. The van der Waals surface area contributed by atoms with E-state index in [1.54, 1.807) is 31.2 Å². The van der Waals surface area contributed by atoms with Gasteiger partial charge in [-0.25, -0.2) is 4.79 Å². The molecule has 1 spiro atoms. The molecule has 0 unspecified atom stereocenters. The number of esters is 1. The van der Waals surface area contributed by atoms with E-state index in [0.29, 0.717) is 18.4 Å². The minimum absolute atomic E-state index is 0.106. The molecule has 2 heterocycles. The summed E-state index contributed by atoms with van der Waals surface area (Å²) in [5, 5.41) is 10.3. The summed E-state index contributed by atoms with van der Waals surface area (Å²) in [6.07, 6.45) is -1.64. The molecule has 6 nitrogen and oxygen atoms in total. The highest BCUT2D eigenvalue weighted by Gasteiger charge is 2.54. The fraction of sp³-hybridized carbons (Fsp3) is 0.556. The van der Waals surface area contributed by atoms with Crippen molar-refractivity contribution >= 4 is 27.7 Å². The van der Waals surface area contributed by atoms with Gasteiger partial charge in [-0.2, -0.15) is 0 Å². The van der Waals surface area contributed by atoms with Crippen molar-refractivity contribution in [1.29, 1.82) is 0 Å². The summed E-state index contributed by atoms with van der Waals surface area (Å²) in [5.74, 6) is -2.23. The Morgan fingerprint density at radius 3 is 2.56 bits per heavy atom. The van der Waals surface area contributed by atoms with E-state index in [2.05, 4.69) is 15.9 Å². The number of Topliss-reactive ketones (excluding diaryl/α,β-unsaturated/α-hetero) is 1. The molecule has 136 valence electrons. The van der Waals surface area contributed by atoms with Gasteiger partial charge in [0.15, 0.2) is 11.9 Å². The van der Waals surface area contributed by atoms with Gasteiger partial charge < -0.3 is 19.3 Å². The van der Waals surface area contributed by atoms with Crippen LogP contribution in [0.1, 0.15) is 43.5 Å². The molecule has 7 heteroatoms. The maximum Gasteiger partial charge on any atom is 0.338 e. The molecular formula is C18H21BrO6. The van der Waals surface area contributed by atoms with Crippen LogP contribution in [0.25, 0.3) is 0 Å². The van der Waals surface area contributed by atoms with Crippen molar-refractivity contribution in [2.24, 2.45) is 0 Å². The Bertz CT molecular complexity index is 660. The van der Waals surface area contributed by atoms with Gasteiger partial charge in [-0.15, -0.1) is 0 Å². The van der Waals surface area contributed by atoms with E-state index in [0.717, 1.165) is 4.47 Å². The Morgan fingerprint density at radius 2 is 1.92 bits per heavy atom. The molecule has 1 aromatic carbocycles. The lowest BCUT2D eigenvalue weighted by Crippen LogP contribution is -2.62. The first kappa shape index (κ1) is 18.5. The minimum atomic E-state index is -1.34. The van der Waals surface area contributed by atoms with Crippen molar-refractivity contribution in [2.75, 3.05) is 0 Å². The monoisotopic (exact) mass is 412 g/mol. The van der Waals surface area contributed by atoms with E-state index >= 15 is 0 Å².